The summed E-state index contributed by atoms with van der Waals surface area (Å²) < 4.78 is 5.76. The van der Waals surface area contributed by atoms with Crippen LogP contribution in [0.25, 0.3) is 0 Å². The summed E-state index contributed by atoms with van der Waals surface area (Å²) in [5, 5.41) is 5.80. The summed E-state index contributed by atoms with van der Waals surface area (Å²) in [4.78, 5) is 25.7. The van der Waals surface area contributed by atoms with E-state index in [0.717, 1.165) is 41.2 Å². The van der Waals surface area contributed by atoms with Crippen LogP contribution < -0.4 is 15.4 Å². The highest BCUT2D eigenvalue weighted by Crippen LogP contribution is 2.26. The van der Waals surface area contributed by atoms with Crippen molar-refractivity contribution in [1.82, 2.24) is 4.90 Å². The summed E-state index contributed by atoms with van der Waals surface area (Å²) in [6.45, 7) is 1.31. The maximum Gasteiger partial charge on any atom is 0.224 e. The van der Waals surface area contributed by atoms with Gasteiger partial charge in [-0.25, -0.2) is 0 Å². The van der Waals surface area contributed by atoms with Crippen LogP contribution in [0.1, 0.15) is 30.4 Å². The molecule has 28 heavy (non-hydrogen) atoms. The molecule has 3 rings (SSSR count). The highest BCUT2D eigenvalue weighted by Gasteiger charge is 2.15. The number of anilines is 2. The molecular weight excluding hydrogens is 354 g/mol. The van der Waals surface area contributed by atoms with Gasteiger partial charge in [0.15, 0.2) is 0 Å². The van der Waals surface area contributed by atoms with E-state index in [0.29, 0.717) is 25.9 Å². The predicted molar refractivity (Wildman–Crippen MR) is 111 cm³/mol. The summed E-state index contributed by atoms with van der Waals surface area (Å²) in [5.74, 6) is 0.810. The van der Waals surface area contributed by atoms with Gasteiger partial charge in [0.1, 0.15) is 5.75 Å². The lowest BCUT2D eigenvalue weighted by atomic mass is 10.0. The number of carbonyl (C=O) groups is 2. The van der Waals surface area contributed by atoms with Crippen LogP contribution in [0.4, 0.5) is 11.4 Å². The predicted octanol–water partition coefficient (Wildman–Crippen LogP) is 3.43. The van der Waals surface area contributed by atoms with Crippen molar-refractivity contribution in [3.63, 3.8) is 0 Å². The molecule has 1 aliphatic heterocycles. The van der Waals surface area contributed by atoms with Crippen molar-refractivity contribution in [2.75, 3.05) is 31.3 Å². The van der Waals surface area contributed by atoms with Gasteiger partial charge in [0.2, 0.25) is 11.8 Å². The molecule has 0 bridgehead atoms. The highest BCUT2D eigenvalue weighted by atomic mass is 16.5. The minimum atomic E-state index is -0.0150. The van der Waals surface area contributed by atoms with E-state index in [2.05, 4.69) is 15.5 Å². The average molecular weight is 381 g/mol. The Kier molecular flexibility index (Phi) is 6.66. The zero-order valence-electron chi connectivity index (χ0n) is 16.5. The normalized spacial score (nSPS) is 13.0. The van der Waals surface area contributed by atoms with Crippen molar-refractivity contribution in [3.8, 4) is 5.75 Å². The molecule has 1 aliphatic rings. The van der Waals surface area contributed by atoms with Gasteiger partial charge in [-0.05, 0) is 68.4 Å². The van der Waals surface area contributed by atoms with Gasteiger partial charge in [0.05, 0.1) is 6.61 Å². The monoisotopic (exact) mass is 381 g/mol. The Bertz CT molecular complexity index is 849. The van der Waals surface area contributed by atoms with Gasteiger partial charge in [0.25, 0.3) is 0 Å². The third-order valence-corrected chi connectivity index (χ3v) is 4.50. The molecule has 1 heterocycles. The first-order valence-electron chi connectivity index (χ1n) is 9.59. The molecule has 148 valence electrons. The molecule has 0 aromatic heterocycles. The number of hydrogen-bond donors (Lipinski definition) is 2. The number of nitrogens with one attached hydrogen (secondary N) is 2. The molecule has 6 heteroatoms. The van der Waals surface area contributed by atoms with E-state index in [-0.39, 0.29) is 11.8 Å². The fourth-order valence-corrected chi connectivity index (χ4v) is 3.21. The molecule has 0 saturated heterocycles. The first-order valence-corrected chi connectivity index (χ1v) is 9.59. The standard InChI is InChI=1S/C22H27N3O3/c1-25(2)15-16-5-3-6-18(13-16)23-21(26)7-4-12-28-19-9-10-20-17(14-19)8-11-22(27)24-20/h3,5-6,9-10,13-14H,4,7-8,11-12,15H2,1-2H3,(H,23,26)(H,24,27). The van der Waals surface area contributed by atoms with Gasteiger partial charge < -0.3 is 20.3 Å². The number of amides is 2. The van der Waals surface area contributed by atoms with Crippen LogP contribution in [0.15, 0.2) is 42.5 Å². The highest BCUT2D eigenvalue weighted by molar-refractivity contribution is 5.94. The maximum atomic E-state index is 12.2. The molecular formula is C22H27N3O3. The summed E-state index contributed by atoms with van der Waals surface area (Å²) in [5.41, 5.74) is 3.93. The Morgan fingerprint density at radius 1 is 1.18 bits per heavy atom. The Morgan fingerprint density at radius 3 is 2.86 bits per heavy atom. The average Bonchev–Trinajstić information content (AvgIpc) is 2.65. The van der Waals surface area contributed by atoms with Crippen LogP contribution in [0, 0.1) is 0 Å². The van der Waals surface area contributed by atoms with Gasteiger partial charge in [-0.3, -0.25) is 9.59 Å². The lowest BCUT2D eigenvalue weighted by Gasteiger charge is -2.17. The summed E-state index contributed by atoms with van der Waals surface area (Å²) in [6.07, 6.45) is 2.27. The minimum absolute atomic E-state index is 0.0150. The van der Waals surface area contributed by atoms with E-state index in [4.69, 9.17) is 4.74 Å². The molecule has 0 aliphatic carbocycles. The number of fused-ring (bicyclic) bond motifs is 1. The largest absolute Gasteiger partial charge is 0.494 e. The van der Waals surface area contributed by atoms with Gasteiger partial charge in [-0.2, -0.15) is 0 Å². The van der Waals surface area contributed by atoms with E-state index in [1.807, 2.05) is 56.6 Å². The first kappa shape index (κ1) is 19.9. The molecule has 2 amide bonds. The number of hydrogen-bond acceptors (Lipinski definition) is 4. The second-order valence-corrected chi connectivity index (χ2v) is 7.31. The number of nitrogens with zero attached hydrogens (tertiary/aromatic N) is 1. The molecule has 2 aromatic carbocycles. The molecule has 0 atom stereocenters. The molecule has 2 aromatic rings. The molecule has 0 saturated carbocycles. The van der Waals surface area contributed by atoms with Crippen LogP contribution in [0.2, 0.25) is 0 Å². The third kappa shape index (κ3) is 5.82. The van der Waals surface area contributed by atoms with E-state index < -0.39 is 0 Å². The second-order valence-electron chi connectivity index (χ2n) is 7.31. The minimum Gasteiger partial charge on any atom is -0.494 e. The van der Waals surface area contributed by atoms with Crippen LogP contribution in [-0.4, -0.2) is 37.4 Å². The fraction of sp³-hybridized carbons (Fsp3) is 0.364. The summed E-state index contributed by atoms with van der Waals surface area (Å²) in [6, 6.07) is 13.6. The SMILES string of the molecule is CN(C)Cc1cccc(NC(=O)CCCOc2ccc3c(c2)CCC(=O)N3)c1. The van der Waals surface area contributed by atoms with Crippen molar-refractivity contribution < 1.29 is 14.3 Å². The van der Waals surface area contributed by atoms with E-state index in [1.165, 1.54) is 0 Å². The Balaban J connectivity index is 1.42. The molecule has 0 fully saturated rings. The van der Waals surface area contributed by atoms with Crippen LogP contribution in [-0.2, 0) is 22.6 Å². The number of rotatable bonds is 8. The number of ether oxygens (including phenoxy) is 1. The van der Waals surface area contributed by atoms with Gasteiger partial charge >= 0.3 is 0 Å². The number of carbonyl (C=O) groups excluding carboxylic acids is 2. The van der Waals surface area contributed by atoms with Crippen LogP contribution in [0.5, 0.6) is 5.75 Å². The van der Waals surface area contributed by atoms with E-state index in [9.17, 15) is 9.59 Å². The second kappa shape index (κ2) is 9.37. The molecule has 0 spiro atoms. The topological polar surface area (TPSA) is 70.7 Å². The maximum absolute atomic E-state index is 12.2. The number of aryl methyl sites for hydroxylation is 1. The first-order chi connectivity index (χ1) is 13.5. The third-order valence-electron chi connectivity index (χ3n) is 4.50. The smallest absolute Gasteiger partial charge is 0.224 e. The Morgan fingerprint density at radius 2 is 2.04 bits per heavy atom. The fourth-order valence-electron chi connectivity index (χ4n) is 3.21. The van der Waals surface area contributed by atoms with Crippen molar-refractivity contribution >= 4 is 23.2 Å². The van der Waals surface area contributed by atoms with Crippen molar-refractivity contribution in [2.24, 2.45) is 0 Å². The van der Waals surface area contributed by atoms with Gasteiger partial charge in [-0.15, -0.1) is 0 Å². The zero-order chi connectivity index (χ0) is 19.9. The summed E-state index contributed by atoms with van der Waals surface area (Å²) >= 11 is 0. The zero-order valence-corrected chi connectivity index (χ0v) is 16.5. The Hall–Kier alpha value is -2.86. The quantitative estimate of drug-likeness (QED) is 0.688. The lowest BCUT2D eigenvalue weighted by molar-refractivity contribution is -0.117. The van der Waals surface area contributed by atoms with Crippen molar-refractivity contribution in [3.05, 3.63) is 53.6 Å². The van der Waals surface area contributed by atoms with E-state index in [1.54, 1.807) is 0 Å². The van der Waals surface area contributed by atoms with E-state index >= 15 is 0 Å². The molecule has 0 unspecified atom stereocenters. The van der Waals surface area contributed by atoms with Gasteiger partial charge in [0, 0.05) is 30.8 Å². The number of benzene rings is 2. The van der Waals surface area contributed by atoms with Crippen molar-refractivity contribution in [1.29, 1.82) is 0 Å². The molecule has 2 N–H and O–H groups in total. The lowest BCUT2D eigenvalue weighted by Crippen LogP contribution is -2.18. The van der Waals surface area contributed by atoms with Gasteiger partial charge in [-0.1, -0.05) is 12.1 Å². The molecule has 6 nitrogen and oxygen atoms in total. The summed E-state index contributed by atoms with van der Waals surface area (Å²) in [7, 11) is 4.04. The van der Waals surface area contributed by atoms with Crippen LogP contribution in [0.3, 0.4) is 0 Å². The molecule has 0 radical (unpaired) electrons. The van der Waals surface area contributed by atoms with Crippen LogP contribution >= 0.6 is 0 Å². The Labute approximate surface area is 165 Å². The van der Waals surface area contributed by atoms with Crippen molar-refractivity contribution in [2.45, 2.75) is 32.2 Å².